The van der Waals surface area contributed by atoms with Crippen LogP contribution in [0, 0.1) is 5.92 Å². The highest BCUT2D eigenvalue weighted by Gasteiger charge is 2.42. The molecule has 7 nitrogen and oxygen atoms in total. The molecule has 1 aliphatic rings. The lowest BCUT2D eigenvalue weighted by molar-refractivity contribution is -0.129. The van der Waals surface area contributed by atoms with Gasteiger partial charge in [-0.3, -0.25) is 9.59 Å². The smallest absolute Gasteiger partial charge is 0.290 e. The minimum absolute atomic E-state index is 0.0418. The van der Waals surface area contributed by atoms with E-state index in [4.69, 9.17) is 14.2 Å². The number of nitrogens with zero attached hydrogens (tertiary/aromatic N) is 1. The fourth-order valence-corrected chi connectivity index (χ4v) is 4.07. The van der Waals surface area contributed by atoms with Crippen molar-refractivity contribution >= 4 is 17.8 Å². The van der Waals surface area contributed by atoms with Gasteiger partial charge >= 0.3 is 0 Å². The summed E-state index contributed by atoms with van der Waals surface area (Å²) in [6.07, 6.45) is 4.52. The van der Waals surface area contributed by atoms with E-state index in [2.05, 4.69) is 13.8 Å². The topological polar surface area (TPSA) is 85.3 Å². The zero-order valence-electron chi connectivity index (χ0n) is 21.4. The average molecular weight is 494 g/mol. The first-order valence-electron chi connectivity index (χ1n) is 12.2. The number of ether oxygens (including phenoxy) is 3. The van der Waals surface area contributed by atoms with Crippen LogP contribution >= 0.6 is 0 Å². The first-order chi connectivity index (χ1) is 17.4. The second kappa shape index (κ2) is 12.9. The standard InChI is InChI=1S/C29H35NO6/c1-20(2)15-18-36-24-14-12-22(19-25(24)35-4)27-26(23(31)13-11-21-9-6-5-7-10-21)28(32)29(33)30(27)16-8-17-34-3/h5-7,9-14,19-20,27,32H,8,15-18H2,1-4H3/b13-11+. The van der Waals surface area contributed by atoms with Crippen molar-refractivity contribution in [2.75, 3.05) is 34.0 Å². The molecule has 3 rings (SSSR count). The number of hydrogen-bond donors (Lipinski definition) is 1. The maximum absolute atomic E-state index is 13.3. The minimum atomic E-state index is -0.763. The number of rotatable bonds is 13. The second-order valence-electron chi connectivity index (χ2n) is 9.06. The fraction of sp³-hybridized carbons (Fsp3) is 0.379. The van der Waals surface area contributed by atoms with Crippen LogP contribution in [0.3, 0.4) is 0 Å². The first kappa shape index (κ1) is 27.0. The van der Waals surface area contributed by atoms with Crippen LogP contribution in [0.5, 0.6) is 11.5 Å². The van der Waals surface area contributed by atoms with Gasteiger partial charge in [-0.2, -0.15) is 0 Å². The molecule has 0 radical (unpaired) electrons. The Kier molecular flexibility index (Phi) is 9.70. The lowest BCUT2D eigenvalue weighted by Gasteiger charge is -2.27. The van der Waals surface area contributed by atoms with Crippen molar-refractivity contribution in [3.8, 4) is 11.5 Å². The van der Waals surface area contributed by atoms with E-state index in [9.17, 15) is 14.7 Å². The van der Waals surface area contributed by atoms with Gasteiger partial charge in [-0.15, -0.1) is 0 Å². The zero-order valence-corrected chi connectivity index (χ0v) is 21.4. The molecule has 0 aliphatic carbocycles. The molecule has 0 bridgehead atoms. The second-order valence-corrected chi connectivity index (χ2v) is 9.06. The van der Waals surface area contributed by atoms with E-state index >= 15 is 0 Å². The van der Waals surface area contributed by atoms with Gasteiger partial charge in [0.05, 0.1) is 25.3 Å². The summed E-state index contributed by atoms with van der Waals surface area (Å²) in [5.41, 5.74) is 1.53. The number of hydrogen-bond acceptors (Lipinski definition) is 6. The van der Waals surface area contributed by atoms with Crippen molar-refractivity contribution in [3.05, 3.63) is 77.1 Å². The molecule has 0 aromatic heterocycles. The molecular weight excluding hydrogens is 458 g/mol. The molecule has 36 heavy (non-hydrogen) atoms. The Bertz CT molecular complexity index is 1110. The molecule has 1 amide bonds. The Balaban J connectivity index is 1.96. The van der Waals surface area contributed by atoms with Crippen LogP contribution in [0.1, 0.15) is 43.9 Å². The van der Waals surface area contributed by atoms with Gasteiger partial charge in [-0.1, -0.05) is 56.3 Å². The Labute approximate surface area is 213 Å². The summed E-state index contributed by atoms with van der Waals surface area (Å²) in [5, 5.41) is 10.8. The maximum atomic E-state index is 13.3. The molecule has 2 aromatic carbocycles. The summed E-state index contributed by atoms with van der Waals surface area (Å²) in [5.74, 6) is 0.0483. The number of carbonyl (C=O) groups excluding carboxylic acids is 2. The molecule has 0 saturated carbocycles. The third-order valence-electron chi connectivity index (χ3n) is 6.00. The van der Waals surface area contributed by atoms with Gasteiger partial charge in [0.25, 0.3) is 5.91 Å². The Morgan fingerprint density at radius 2 is 1.83 bits per heavy atom. The molecule has 0 spiro atoms. The number of benzene rings is 2. The lowest BCUT2D eigenvalue weighted by atomic mass is 9.95. The highest BCUT2D eigenvalue weighted by atomic mass is 16.5. The molecule has 192 valence electrons. The van der Waals surface area contributed by atoms with Crippen LogP contribution in [0.15, 0.2) is 65.9 Å². The van der Waals surface area contributed by atoms with E-state index in [-0.39, 0.29) is 5.57 Å². The summed E-state index contributed by atoms with van der Waals surface area (Å²) in [6.45, 7) is 5.56. The van der Waals surface area contributed by atoms with Gasteiger partial charge in [0.15, 0.2) is 23.0 Å². The van der Waals surface area contributed by atoms with Crippen molar-refractivity contribution in [1.29, 1.82) is 0 Å². The van der Waals surface area contributed by atoms with Crippen molar-refractivity contribution in [3.63, 3.8) is 0 Å². The molecule has 2 aromatic rings. The van der Waals surface area contributed by atoms with E-state index in [1.165, 1.54) is 11.0 Å². The summed E-state index contributed by atoms with van der Waals surface area (Å²) in [6, 6.07) is 14.0. The van der Waals surface area contributed by atoms with Crippen molar-refractivity contribution in [1.82, 2.24) is 4.90 Å². The van der Waals surface area contributed by atoms with Crippen LogP contribution in [0.25, 0.3) is 6.08 Å². The van der Waals surface area contributed by atoms with E-state index in [0.29, 0.717) is 49.2 Å². The summed E-state index contributed by atoms with van der Waals surface area (Å²) in [4.78, 5) is 27.8. The fourth-order valence-electron chi connectivity index (χ4n) is 4.07. The van der Waals surface area contributed by atoms with Gasteiger partial charge in [0.1, 0.15) is 0 Å². The Morgan fingerprint density at radius 1 is 1.08 bits per heavy atom. The van der Waals surface area contributed by atoms with Crippen LogP contribution in [-0.2, 0) is 14.3 Å². The number of ketones is 1. The predicted molar refractivity (Wildman–Crippen MR) is 139 cm³/mol. The Hall–Kier alpha value is -3.58. The summed E-state index contributed by atoms with van der Waals surface area (Å²) >= 11 is 0. The number of allylic oxidation sites excluding steroid dienone is 1. The van der Waals surface area contributed by atoms with Gasteiger partial charge < -0.3 is 24.2 Å². The van der Waals surface area contributed by atoms with Crippen LogP contribution in [0.2, 0.25) is 0 Å². The van der Waals surface area contributed by atoms with Crippen molar-refractivity contribution in [2.24, 2.45) is 5.92 Å². The summed E-state index contributed by atoms with van der Waals surface area (Å²) < 4.78 is 16.6. The Morgan fingerprint density at radius 3 is 2.50 bits per heavy atom. The third kappa shape index (κ3) is 6.55. The number of aliphatic hydroxyl groups is 1. The predicted octanol–water partition coefficient (Wildman–Crippen LogP) is 5.13. The van der Waals surface area contributed by atoms with Crippen LogP contribution in [0.4, 0.5) is 0 Å². The highest BCUT2D eigenvalue weighted by Crippen LogP contribution is 2.41. The van der Waals surface area contributed by atoms with Gasteiger partial charge in [0, 0.05) is 20.3 Å². The SMILES string of the molecule is COCCCN1C(=O)C(O)=C(C(=O)/C=C/c2ccccc2)C1c1ccc(OCCC(C)C)c(OC)c1. The molecule has 1 N–H and O–H groups in total. The van der Waals surface area contributed by atoms with E-state index in [1.807, 2.05) is 30.3 Å². The third-order valence-corrected chi connectivity index (χ3v) is 6.00. The van der Waals surface area contributed by atoms with E-state index < -0.39 is 23.5 Å². The quantitative estimate of drug-likeness (QED) is 0.307. The van der Waals surface area contributed by atoms with E-state index in [0.717, 1.165) is 12.0 Å². The van der Waals surface area contributed by atoms with Gasteiger partial charge in [-0.05, 0) is 48.1 Å². The molecule has 0 fully saturated rings. The molecule has 1 aliphatic heterocycles. The normalized spacial score (nSPS) is 15.9. The largest absolute Gasteiger partial charge is 0.503 e. The van der Waals surface area contributed by atoms with Crippen molar-refractivity contribution < 1.29 is 28.9 Å². The molecule has 0 saturated heterocycles. The zero-order chi connectivity index (χ0) is 26.1. The number of methoxy groups -OCH3 is 2. The number of carbonyl (C=O) groups is 2. The van der Waals surface area contributed by atoms with Crippen LogP contribution < -0.4 is 9.47 Å². The first-order valence-corrected chi connectivity index (χ1v) is 12.2. The molecule has 1 unspecified atom stereocenters. The minimum Gasteiger partial charge on any atom is -0.503 e. The van der Waals surface area contributed by atoms with Gasteiger partial charge in [-0.25, -0.2) is 0 Å². The maximum Gasteiger partial charge on any atom is 0.290 e. The molecule has 7 heteroatoms. The van der Waals surface area contributed by atoms with E-state index in [1.54, 1.807) is 38.5 Å². The number of amides is 1. The molecular formula is C29H35NO6. The molecule has 1 atom stereocenters. The van der Waals surface area contributed by atoms with Gasteiger partial charge in [0.2, 0.25) is 0 Å². The summed E-state index contributed by atoms with van der Waals surface area (Å²) in [7, 11) is 3.14. The van der Waals surface area contributed by atoms with Crippen LogP contribution in [-0.4, -0.2) is 55.7 Å². The lowest BCUT2D eigenvalue weighted by Crippen LogP contribution is -2.32. The van der Waals surface area contributed by atoms with Crippen molar-refractivity contribution in [2.45, 2.75) is 32.7 Å². The number of aliphatic hydroxyl groups excluding tert-OH is 1. The average Bonchev–Trinajstić information content (AvgIpc) is 3.13. The monoisotopic (exact) mass is 493 g/mol. The molecule has 1 heterocycles. The highest BCUT2D eigenvalue weighted by molar-refractivity contribution is 6.14.